The predicted molar refractivity (Wildman–Crippen MR) is 129 cm³/mol. The number of para-hydroxylation sites is 2. The van der Waals surface area contributed by atoms with Crippen LogP contribution in [0.15, 0.2) is 48.5 Å². The van der Waals surface area contributed by atoms with Gasteiger partial charge in [-0.2, -0.15) is 0 Å². The fourth-order valence-electron chi connectivity index (χ4n) is 4.31. The van der Waals surface area contributed by atoms with Crippen molar-refractivity contribution in [3.05, 3.63) is 59.7 Å². The third-order valence-electron chi connectivity index (χ3n) is 6.00. The molecule has 0 unspecified atom stereocenters. The van der Waals surface area contributed by atoms with Gasteiger partial charge in [-0.15, -0.1) is 0 Å². The molecule has 0 spiro atoms. The van der Waals surface area contributed by atoms with Crippen molar-refractivity contribution < 1.29 is 9.53 Å². The number of aryl methyl sites for hydroxylation is 1. The maximum Gasteiger partial charge on any atom is 0.410 e. The van der Waals surface area contributed by atoms with Gasteiger partial charge in [0.25, 0.3) is 0 Å². The minimum Gasteiger partial charge on any atom is -0.444 e. The van der Waals surface area contributed by atoms with Crippen LogP contribution in [0.2, 0.25) is 0 Å². The molecule has 1 amide bonds. The van der Waals surface area contributed by atoms with Crippen LogP contribution in [0.1, 0.15) is 51.2 Å². The summed E-state index contributed by atoms with van der Waals surface area (Å²) >= 11 is 0. The topological polar surface area (TPSA) is 59.4 Å². The second-order valence-electron chi connectivity index (χ2n) is 9.64. The summed E-state index contributed by atoms with van der Waals surface area (Å²) in [5, 5.41) is 3.56. The molecule has 0 saturated carbocycles. The monoisotopic (exact) mass is 434 g/mol. The van der Waals surface area contributed by atoms with Crippen LogP contribution in [0.3, 0.4) is 0 Å². The van der Waals surface area contributed by atoms with Crippen molar-refractivity contribution in [1.82, 2.24) is 14.5 Å². The average molecular weight is 435 g/mol. The number of hydrogen-bond donors (Lipinski definition) is 1. The first-order valence-electron chi connectivity index (χ1n) is 11.5. The first kappa shape index (κ1) is 22.2. The molecule has 32 heavy (non-hydrogen) atoms. The summed E-state index contributed by atoms with van der Waals surface area (Å²) in [5.74, 6) is 0.837. The van der Waals surface area contributed by atoms with Crippen LogP contribution in [-0.2, 0) is 11.3 Å². The van der Waals surface area contributed by atoms with E-state index in [2.05, 4.69) is 47.1 Å². The minimum absolute atomic E-state index is 0.0883. The summed E-state index contributed by atoms with van der Waals surface area (Å²) in [5.41, 5.74) is 4.11. The number of carbonyl (C=O) groups is 1. The minimum atomic E-state index is -0.492. The number of likely N-dealkylation sites (tertiary alicyclic amines) is 1. The number of rotatable bonds is 5. The Labute approximate surface area is 190 Å². The van der Waals surface area contributed by atoms with E-state index in [0.717, 1.165) is 49.3 Å². The van der Waals surface area contributed by atoms with E-state index in [9.17, 15) is 4.79 Å². The van der Waals surface area contributed by atoms with E-state index in [1.54, 1.807) is 0 Å². The third-order valence-corrected chi connectivity index (χ3v) is 6.00. The van der Waals surface area contributed by atoms with Gasteiger partial charge in [-0.3, -0.25) is 0 Å². The number of benzene rings is 2. The van der Waals surface area contributed by atoms with E-state index in [1.165, 1.54) is 11.1 Å². The fraction of sp³-hybridized carbons (Fsp3) is 0.462. The molecule has 0 radical (unpaired) electrons. The summed E-state index contributed by atoms with van der Waals surface area (Å²) < 4.78 is 7.90. The summed E-state index contributed by atoms with van der Waals surface area (Å²) in [6, 6.07) is 16.8. The van der Waals surface area contributed by atoms with Gasteiger partial charge in [0.1, 0.15) is 5.60 Å². The van der Waals surface area contributed by atoms with Crippen molar-refractivity contribution in [2.45, 2.75) is 65.1 Å². The molecule has 1 aliphatic heterocycles. The highest BCUT2D eigenvalue weighted by atomic mass is 16.6. The van der Waals surface area contributed by atoms with Crippen molar-refractivity contribution in [2.24, 2.45) is 0 Å². The van der Waals surface area contributed by atoms with Crippen LogP contribution in [0.4, 0.5) is 10.7 Å². The largest absolute Gasteiger partial charge is 0.444 e. The van der Waals surface area contributed by atoms with Crippen molar-refractivity contribution in [1.29, 1.82) is 0 Å². The molecule has 170 valence electrons. The van der Waals surface area contributed by atoms with E-state index in [4.69, 9.17) is 9.72 Å². The highest BCUT2D eigenvalue weighted by molar-refractivity contribution is 5.78. The van der Waals surface area contributed by atoms with Crippen molar-refractivity contribution in [3.63, 3.8) is 0 Å². The van der Waals surface area contributed by atoms with Gasteiger partial charge in [0, 0.05) is 13.1 Å². The fourth-order valence-corrected chi connectivity index (χ4v) is 4.31. The highest BCUT2D eigenvalue weighted by Crippen LogP contribution is 2.24. The number of carbonyl (C=O) groups excluding carboxylic acids is 1. The molecule has 1 saturated heterocycles. The van der Waals surface area contributed by atoms with E-state index in [-0.39, 0.29) is 12.1 Å². The molecule has 6 heteroatoms. The van der Waals surface area contributed by atoms with E-state index >= 15 is 0 Å². The van der Waals surface area contributed by atoms with Crippen LogP contribution in [-0.4, -0.2) is 45.3 Å². The summed E-state index contributed by atoms with van der Waals surface area (Å²) in [4.78, 5) is 19.5. The molecule has 2 aromatic carbocycles. The summed E-state index contributed by atoms with van der Waals surface area (Å²) in [7, 11) is 0. The zero-order chi connectivity index (χ0) is 22.7. The van der Waals surface area contributed by atoms with Crippen LogP contribution in [0.25, 0.3) is 11.0 Å². The Hall–Kier alpha value is -3.02. The van der Waals surface area contributed by atoms with Gasteiger partial charge in [0.05, 0.1) is 23.6 Å². The third kappa shape index (κ3) is 5.06. The lowest BCUT2D eigenvalue weighted by atomic mass is 10.0. The van der Waals surface area contributed by atoms with Crippen molar-refractivity contribution in [2.75, 3.05) is 18.4 Å². The maximum absolute atomic E-state index is 12.8. The first-order chi connectivity index (χ1) is 15.3. The lowest BCUT2D eigenvalue weighted by Gasteiger charge is -2.36. The van der Waals surface area contributed by atoms with E-state index in [0.29, 0.717) is 6.54 Å². The van der Waals surface area contributed by atoms with Crippen molar-refractivity contribution in [3.8, 4) is 0 Å². The number of amides is 1. The Morgan fingerprint density at radius 1 is 1.12 bits per heavy atom. The molecule has 4 rings (SSSR count). The average Bonchev–Trinajstić information content (AvgIpc) is 3.10. The molecule has 1 N–H and O–H groups in total. The SMILES string of the molecule is Cc1ccccc1Cn1c(NC[C@H]2CCCCN2C(=O)OC(C)(C)C)nc2ccccc21. The second-order valence-corrected chi connectivity index (χ2v) is 9.64. The molecule has 1 atom stereocenters. The van der Waals surface area contributed by atoms with E-state index < -0.39 is 5.60 Å². The molecule has 3 aromatic rings. The molecule has 2 heterocycles. The Bertz CT molecular complexity index is 1080. The zero-order valence-corrected chi connectivity index (χ0v) is 19.6. The number of hydrogen-bond acceptors (Lipinski definition) is 4. The maximum atomic E-state index is 12.8. The smallest absolute Gasteiger partial charge is 0.410 e. The number of aromatic nitrogens is 2. The lowest BCUT2D eigenvalue weighted by Crippen LogP contribution is -2.49. The molecule has 0 aliphatic carbocycles. The number of nitrogens with zero attached hydrogens (tertiary/aromatic N) is 3. The van der Waals surface area contributed by atoms with Crippen LogP contribution in [0.5, 0.6) is 0 Å². The molecular weight excluding hydrogens is 400 g/mol. The van der Waals surface area contributed by atoms with Crippen LogP contribution in [0, 0.1) is 6.92 Å². The van der Waals surface area contributed by atoms with Gasteiger partial charge in [0.15, 0.2) is 0 Å². The number of imidazole rings is 1. The van der Waals surface area contributed by atoms with Gasteiger partial charge in [-0.25, -0.2) is 9.78 Å². The number of piperidine rings is 1. The first-order valence-corrected chi connectivity index (χ1v) is 11.5. The molecule has 1 aliphatic rings. The van der Waals surface area contributed by atoms with Crippen molar-refractivity contribution >= 4 is 23.1 Å². The number of anilines is 1. The number of fused-ring (bicyclic) bond motifs is 1. The molecule has 0 bridgehead atoms. The van der Waals surface area contributed by atoms with Gasteiger partial charge in [-0.1, -0.05) is 36.4 Å². The Morgan fingerprint density at radius 3 is 2.66 bits per heavy atom. The predicted octanol–water partition coefficient (Wildman–Crippen LogP) is 5.59. The second kappa shape index (κ2) is 9.23. The van der Waals surface area contributed by atoms with Gasteiger partial charge >= 0.3 is 6.09 Å². The Morgan fingerprint density at radius 2 is 1.88 bits per heavy atom. The molecule has 1 fully saturated rings. The zero-order valence-electron chi connectivity index (χ0n) is 19.6. The van der Waals surface area contributed by atoms with Crippen LogP contribution < -0.4 is 5.32 Å². The number of nitrogens with one attached hydrogen (secondary N) is 1. The lowest BCUT2D eigenvalue weighted by molar-refractivity contribution is 0.0114. The van der Waals surface area contributed by atoms with Gasteiger partial charge < -0.3 is 19.5 Å². The van der Waals surface area contributed by atoms with Crippen LogP contribution >= 0.6 is 0 Å². The normalized spacial score (nSPS) is 16.9. The highest BCUT2D eigenvalue weighted by Gasteiger charge is 2.30. The summed E-state index contributed by atoms with van der Waals surface area (Å²) in [6.45, 7) is 10.0. The number of ether oxygens (including phenoxy) is 1. The Balaban J connectivity index is 1.56. The van der Waals surface area contributed by atoms with Gasteiger partial charge in [-0.05, 0) is 70.2 Å². The Kier molecular flexibility index (Phi) is 6.40. The molecule has 1 aromatic heterocycles. The molecule has 6 nitrogen and oxygen atoms in total. The van der Waals surface area contributed by atoms with Gasteiger partial charge in [0.2, 0.25) is 5.95 Å². The quantitative estimate of drug-likeness (QED) is 0.568. The summed E-state index contributed by atoms with van der Waals surface area (Å²) in [6.07, 6.45) is 2.87. The van der Waals surface area contributed by atoms with E-state index in [1.807, 2.05) is 43.9 Å². The molecular formula is C26H34N4O2. The standard InChI is InChI=1S/C26H34N4O2/c1-19-11-5-6-12-20(19)18-30-23-15-8-7-14-22(23)28-24(30)27-17-21-13-9-10-16-29(21)25(31)32-26(2,3)4/h5-8,11-12,14-15,21H,9-10,13,16-18H2,1-4H3,(H,27,28)/t21-/m1/s1.